The molecular weight excluding hydrogens is 236 g/mol. The maximum atomic E-state index is 12.3. The summed E-state index contributed by atoms with van der Waals surface area (Å²) in [7, 11) is 2.98. The summed E-state index contributed by atoms with van der Waals surface area (Å²) in [5.41, 5.74) is 6.09. The van der Waals surface area contributed by atoms with Crippen LogP contribution in [0.4, 0.5) is 5.82 Å². The topological polar surface area (TPSA) is 90.5 Å². The Morgan fingerprint density at radius 3 is 2.83 bits per heavy atom. The van der Waals surface area contributed by atoms with E-state index in [9.17, 15) is 9.59 Å². The SMILES string of the molecule is COC(=O)C1CCCN1C(=O)c1cnn(C)c1N. The fourth-order valence-electron chi connectivity index (χ4n) is 2.16. The van der Waals surface area contributed by atoms with Crippen LogP contribution in [0.15, 0.2) is 6.20 Å². The molecule has 2 rings (SSSR count). The number of anilines is 1. The molecule has 2 heterocycles. The van der Waals surface area contributed by atoms with Crippen molar-refractivity contribution in [2.75, 3.05) is 19.4 Å². The van der Waals surface area contributed by atoms with E-state index in [0.29, 0.717) is 24.3 Å². The molecule has 1 aromatic rings. The molecule has 1 amide bonds. The van der Waals surface area contributed by atoms with E-state index in [1.54, 1.807) is 7.05 Å². The number of nitrogens with zero attached hydrogens (tertiary/aromatic N) is 3. The van der Waals surface area contributed by atoms with E-state index in [1.165, 1.54) is 22.9 Å². The van der Waals surface area contributed by atoms with Gasteiger partial charge in [-0.25, -0.2) is 4.79 Å². The normalized spacial score (nSPS) is 19.0. The maximum absolute atomic E-state index is 12.3. The van der Waals surface area contributed by atoms with Gasteiger partial charge in [0.1, 0.15) is 17.4 Å². The second-order valence-corrected chi connectivity index (χ2v) is 4.25. The minimum absolute atomic E-state index is 0.270. The van der Waals surface area contributed by atoms with Crippen LogP contribution in [0, 0.1) is 0 Å². The van der Waals surface area contributed by atoms with Crippen LogP contribution in [-0.2, 0) is 16.6 Å². The molecule has 0 bridgehead atoms. The molecule has 0 aliphatic carbocycles. The number of nitrogen functional groups attached to an aromatic ring is 1. The molecule has 0 saturated carbocycles. The highest BCUT2D eigenvalue weighted by Crippen LogP contribution is 2.22. The van der Waals surface area contributed by atoms with E-state index in [0.717, 1.165) is 6.42 Å². The Balaban J connectivity index is 2.23. The van der Waals surface area contributed by atoms with Crippen molar-refractivity contribution < 1.29 is 14.3 Å². The van der Waals surface area contributed by atoms with Crippen LogP contribution in [0.5, 0.6) is 0 Å². The molecule has 1 unspecified atom stereocenters. The molecule has 2 N–H and O–H groups in total. The number of rotatable bonds is 2. The van der Waals surface area contributed by atoms with Gasteiger partial charge in [0.05, 0.1) is 13.3 Å². The number of methoxy groups -OCH3 is 1. The Morgan fingerprint density at radius 1 is 1.56 bits per heavy atom. The van der Waals surface area contributed by atoms with Gasteiger partial charge in [0, 0.05) is 13.6 Å². The average Bonchev–Trinajstić information content (AvgIpc) is 2.96. The van der Waals surface area contributed by atoms with E-state index < -0.39 is 6.04 Å². The van der Waals surface area contributed by atoms with Gasteiger partial charge in [0.25, 0.3) is 5.91 Å². The van der Waals surface area contributed by atoms with Gasteiger partial charge >= 0.3 is 5.97 Å². The minimum atomic E-state index is -0.512. The first-order chi connectivity index (χ1) is 8.56. The molecule has 18 heavy (non-hydrogen) atoms. The van der Waals surface area contributed by atoms with Gasteiger partial charge in [-0.2, -0.15) is 5.10 Å². The molecule has 1 aromatic heterocycles. The van der Waals surface area contributed by atoms with Crippen LogP contribution in [0.1, 0.15) is 23.2 Å². The molecule has 1 aliphatic heterocycles. The van der Waals surface area contributed by atoms with Gasteiger partial charge in [-0.15, -0.1) is 0 Å². The molecule has 1 atom stereocenters. The third-order valence-electron chi connectivity index (χ3n) is 3.20. The number of likely N-dealkylation sites (tertiary alicyclic amines) is 1. The minimum Gasteiger partial charge on any atom is -0.467 e. The number of esters is 1. The lowest BCUT2D eigenvalue weighted by Gasteiger charge is -2.22. The standard InChI is InChI=1S/C11H16N4O3/c1-14-9(12)7(6-13-14)10(16)15-5-3-4-8(15)11(17)18-2/h6,8H,3-5,12H2,1-2H3. The van der Waals surface area contributed by atoms with Crippen LogP contribution in [-0.4, -0.2) is 46.3 Å². The number of ether oxygens (including phenoxy) is 1. The van der Waals surface area contributed by atoms with Crippen molar-refractivity contribution in [3.8, 4) is 0 Å². The zero-order valence-electron chi connectivity index (χ0n) is 10.4. The van der Waals surface area contributed by atoms with E-state index in [4.69, 9.17) is 10.5 Å². The number of hydrogen-bond acceptors (Lipinski definition) is 5. The fraction of sp³-hybridized carbons (Fsp3) is 0.545. The lowest BCUT2D eigenvalue weighted by molar-refractivity contribution is -0.145. The summed E-state index contributed by atoms with van der Waals surface area (Å²) in [6.07, 6.45) is 2.83. The Labute approximate surface area is 104 Å². The predicted octanol–water partition coefficient (Wildman–Crippen LogP) is -0.220. The summed E-state index contributed by atoms with van der Waals surface area (Å²) >= 11 is 0. The van der Waals surface area contributed by atoms with Crippen LogP contribution in [0.25, 0.3) is 0 Å². The molecule has 1 aliphatic rings. The zero-order valence-corrected chi connectivity index (χ0v) is 10.4. The predicted molar refractivity (Wildman–Crippen MR) is 63.7 cm³/mol. The first-order valence-corrected chi connectivity index (χ1v) is 5.72. The van der Waals surface area contributed by atoms with Gasteiger partial charge in [0.15, 0.2) is 0 Å². The van der Waals surface area contributed by atoms with Gasteiger partial charge < -0.3 is 15.4 Å². The van der Waals surface area contributed by atoms with Crippen molar-refractivity contribution in [3.63, 3.8) is 0 Å². The molecule has 0 spiro atoms. The highest BCUT2D eigenvalue weighted by molar-refractivity contribution is 6.00. The van der Waals surface area contributed by atoms with Crippen LogP contribution in [0.2, 0.25) is 0 Å². The van der Waals surface area contributed by atoms with E-state index >= 15 is 0 Å². The van der Waals surface area contributed by atoms with Crippen LogP contribution >= 0.6 is 0 Å². The highest BCUT2D eigenvalue weighted by atomic mass is 16.5. The monoisotopic (exact) mass is 252 g/mol. The van der Waals surface area contributed by atoms with Crippen molar-refractivity contribution in [3.05, 3.63) is 11.8 Å². The van der Waals surface area contributed by atoms with E-state index in [2.05, 4.69) is 5.10 Å². The smallest absolute Gasteiger partial charge is 0.328 e. The Bertz CT molecular complexity index is 483. The second-order valence-electron chi connectivity index (χ2n) is 4.25. The van der Waals surface area contributed by atoms with Crippen molar-refractivity contribution in [1.82, 2.24) is 14.7 Å². The third-order valence-corrected chi connectivity index (χ3v) is 3.20. The fourth-order valence-corrected chi connectivity index (χ4v) is 2.16. The summed E-state index contributed by atoms with van der Waals surface area (Å²) in [5.74, 6) is -0.354. The number of carbonyl (C=O) groups is 2. The zero-order chi connectivity index (χ0) is 13.3. The molecule has 0 radical (unpaired) electrons. The van der Waals surface area contributed by atoms with Gasteiger partial charge in [-0.1, -0.05) is 0 Å². The average molecular weight is 252 g/mol. The van der Waals surface area contributed by atoms with Crippen LogP contribution < -0.4 is 5.73 Å². The molecular formula is C11H16N4O3. The first-order valence-electron chi connectivity index (χ1n) is 5.72. The molecule has 7 heteroatoms. The lowest BCUT2D eigenvalue weighted by atomic mass is 10.2. The molecule has 98 valence electrons. The van der Waals surface area contributed by atoms with Crippen molar-refractivity contribution >= 4 is 17.7 Å². The Kier molecular flexibility index (Phi) is 3.22. The van der Waals surface area contributed by atoms with Crippen molar-refractivity contribution in [1.29, 1.82) is 0 Å². The van der Waals surface area contributed by atoms with E-state index in [-0.39, 0.29) is 11.9 Å². The lowest BCUT2D eigenvalue weighted by Crippen LogP contribution is -2.41. The Hall–Kier alpha value is -2.05. The third kappa shape index (κ3) is 1.92. The molecule has 7 nitrogen and oxygen atoms in total. The van der Waals surface area contributed by atoms with Gasteiger partial charge in [-0.05, 0) is 12.8 Å². The quantitative estimate of drug-likeness (QED) is 0.735. The number of hydrogen-bond donors (Lipinski definition) is 1. The number of nitrogens with two attached hydrogens (primary N) is 1. The summed E-state index contributed by atoms with van der Waals surface area (Å²) < 4.78 is 6.13. The number of amides is 1. The second kappa shape index (κ2) is 4.67. The molecule has 1 fully saturated rings. The van der Waals surface area contributed by atoms with Gasteiger partial charge in [-0.3, -0.25) is 9.48 Å². The van der Waals surface area contributed by atoms with E-state index in [1.807, 2.05) is 0 Å². The highest BCUT2D eigenvalue weighted by Gasteiger charge is 2.36. The first kappa shape index (κ1) is 12.4. The summed E-state index contributed by atoms with van der Waals surface area (Å²) in [6.45, 7) is 0.535. The van der Waals surface area contributed by atoms with Crippen molar-refractivity contribution in [2.24, 2.45) is 7.05 Å². The largest absolute Gasteiger partial charge is 0.467 e. The molecule has 1 saturated heterocycles. The number of aryl methyl sites for hydroxylation is 1. The van der Waals surface area contributed by atoms with Crippen LogP contribution in [0.3, 0.4) is 0 Å². The summed E-state index contributed by atoms with van der Waals surface area (Å²) in [5, 5.41) is 3.93. The van der Waals surface area contributed by atoms with Gasteiger partial charge in [0.2, 0.25) is 0 Å². The molecule has 0 aromatic carbocycles. The number of carbonyl (C=O) groups excluding carboxylic acids is 2. The Morgan fingerprint density at radius 2 is 2.28 bits per heavy atom. The number of aromatic nitrogens is 2. The van der Waals surface area contributed by atoms with Crippen molar-refractivity contribution in [2.45, 2.75) is 18.9 Å². The summed E-state index contributed by atoms with van der Waals surface area (Å²) in [6, 6.07) is -0.512. The maximum Gasteiger partial charge on any atom is 0.328 e. The summed E-state index contributed by atoms with van der Waals surface area (Å²) in [4.78, 5) is 25.4.